The fourth-order valence-electron chi connectivity index (χ4n) is 3.34. The number of Topliss-reactive ketones (excluding diaryl/α,β-unsaturated/α-hetero) is 1. The number of carbonyl (C=O) groups excluding carboxylic acids is 3. The Bertz CT molecular complexity index is 1110. The lowest BCUT2D eigenvalue weighted by atomic mass is 9.97. The van der Waals surface area contributed by atoms with Crippen LogP contribution in [0.25, 0.3) is 0 Å². The summed E-state index contributed by atoms with van der Waals surface area (Å²) in [6.07, 6.45) is 1.45. The highest BCUT2D eigenvalue weighted by molar-refractivity contribution is 8.27. The third-order valence-electron chi connectivity index (χ3n) is 4.81. The van der Waals surface area contributed by atoms with Crippen LogP contribution in [0.2, 0.25) is 0 Å². The van der Waals surface area contributed by atoms with E-state index in [2.05, 4.69) is 6.58 Å². The van der Waals surface area contributed by atoms with Gasteiger partial charge in [0.05, 0.1) is 16.2 Å². The maximum absolute atomic E-state index is 12.2. The van der Waals surface area contributed by atoms with Gasteiger partial charge >= 0.3 is 5.97 Å². The van der Waals surface area contributed by atoms with Crippen LogP contribution in [0, 0.1) is 0 Å². The zero-order valence-electron chi connectivity index (χ0n) is 18.1. The number of esters is 1. The summed E-state index contributed by atoms with van der Waals surface area (Å²) in [6.45, 7) is 8.72. The van der Waals surface area contributed by atoms with E-state index in [0.717, 1.165) is 17.5 Å². The van der Waals surface area contributed by atoms with Gasteiger partial charge in [-0.3, -0.25) is 19.3 Å². The second kappa shape index (κ2) is 10.1. The molecule has 1 fully saturated rings. The lowest BCUT2D eigenvalue weighted by molar-refractivity contribution is -0.132. The van der Waals surface area contributed by atoms with Crippen LogP contribution in [0.4, 0.5) is 5.69 Å². The molecule has 2 aromatic carbocycles. The monoisotopic (exact) mass is 469 g/mol. The molecule has 2 aromatic rings. The van der Waals surface area contributed by atoms with E-state index in [4.69, 9.17) is 21.7 Å². The van der Waals surface area contributed by atoms with Gasteiger partial charge in [0.2, 0.25) is 0 Å². The van der Waals surface area contributed by atoms with E-state index in [-0.39, 0.29) is 18.3 Å². The second-order valence-electron chi connectivity index (χ2n) is 7.19. The zero-order valence-corrected chi connectivity index (χ0v) is 19.7. The highest BCUT2D eigenvalue weighted by Crippen LogP contribution is 2.35. The molecule has 0 spiro atoms. The lowest BCUT2D eigenvalue weighted by Crippen LogP contribution is -2.27. The molecule has 0 aromatic heterocycles. The summed E-state index contributed by atoms with van der Waals surface area (Å²) >= 11 is 6.43. The summed E-state index contributed by atoms with van der Waals surface area (Å²) in [5, 5.41) is 0. The van der Waals surface area contributed by atoms with Crippen molar-refractivity contribution in [3.63, 3.8) is 0 Å². The van der Waals surface area contributed by atoms with E-state index < -0.39 is 5.97 Å². The molecule has 1 aliphatic rings. The number of ketones is 1. The predicted octanol–water partition coefficient (Wildman–Crippen LogP) is 5.22. The third-order valence-corrected chi connectivity index (χ3v) is 6.02. The number of hydrogen-bond donors (Lipinski definition) is 0. The number of ether oxygens (including phenoxy) is 2. The van der Waals surface area contributed by atoms with E-state index >= 15 is 0 Å². The van der Waals surface area contributed by atoms with Crippen LogP contribution >= 0.6 is 24.0 Å². The van der Waals surface area contributed by atoms with E-state index in [9.17, 15) is 14.4 Å². The van der Waals surface area contributed by atoms with E-state index in [1.807, 2.05) is 13.0 Å². The molecule has 1 amide bonds. The molecule has 1 aliphatic heterocycles. The number of anilines is 1. The van der Waals surface area contributed by atoms with Crippen LogP contribution in [0.15, 0.2) is 47.9 Å². The number of thiocarbonyl (C=S) groups is 1. The molecule has 8 heteroatoms. The van der Waals surface area contributed by atoms with Crippen LogP contribution in [-0.2, 0) is 22.6 Å². The molecule has 32 heavy (non-hydrogen) atoms. The number of hydrogen-bond acceptors (Lipinski definition) is 7. The first-order chi connectivity index (χ1) is 15.2. The average Bonchev–Trinajstić information content (AvgIpc) is 2.99. The molecule has 0 bridgehead atoms. The van der Waals surface area contributed by atoms with E-state index in [1.54, 1.807) is 30.3 Å². The first kappa shape index (κ1) is 23.7. The first-order valence-corrected chi connectivity index (χ1v) is 11.3. The maximum atomic E-state index is 12.2. The number of thioether (sulfide) groups is 1. The number of benzene rings is 2. The standard InChI is InChI=1S/C24H23NO5S2/c1-5-6-21-17(7-12-20(14(2)26)22(21)30-16(4)27)13-29-19-10-8-18(9-11-19)25-23(28)15(3)32-24(25)31/h7-12H,3,5-6,13H2,1-2,4H3. The topological polar surface area (TPSA) is 72.9 Å². The Labute approximate surface area is 196 Å². The van der Waals surface area contributed by atoms with Crippen molar-refractivity contribution in [2.24, 2.45) is 0 Å². The van der Waals surface area contributed by atoms with Crippen LogP contribution in [0.1, 0.15) is 48.7 Å². The largest absolute Gasteiger partial charge is 0.489 e. The smallest absolute Gasteiger partial charge is 0.308 e. The summed E-state index contributed by atoms with van der Waals surface area (Å²) in [5.41, 5.74) is 2.65. The van der Waals surface area contributed by atoms with Crippen molar-refractivity contribution >= 4 is 51.6 Å². The third kappa shape index (κ3) is 5.08. The number of carbonyl (C=O) groups is 3. The normalized spacial score (nSPS) is 13.5. The quantitative estimate of drug-likeness (QED) is 0.172. The first-order valence-electron chi connectivity index (χ1n) is 10.0. The minimum absolute atomic E-state index is 0.170. The molecule has 0 unspecified atom stereocenters. The Morgan fingerprint density at radius 3 is 2.34 bits per heavy atom. The minimum Gasteiger partial charge on any atom is -0.489 e. The Hall–Kier alpha value is -2.97. The van der Waals surface area contributed by atoms with Gasteiger partial charge in [-0.05, 0) is 49.2 Å². The van der Waals surface area contributed by atoms with Crippen molar-refractivity contribution in [3.8, 4) is 11.5 Å². The Morgan fingerprint density at radius 2 is 1.81 bits per heavy atom. The van der Waals surface area contributed by atoms with Gasteiger partial charge in [-0.2, -0.15) is 0 Å². The number of nitrogens with zero attached hydrogens (tertiary/aromatic N) is 1. The van der Waals surface area contributed by atoms with Gasteiger partial charge in [-0.1, -0.05) is 50.0 Å². The second-order valence-corrected chi connectivity index (χ2v) is 8.92. The SMILES string of the molecule is C=C1SC(=S)N(c2ccc(OCc3ccc(C(C)=O)c(OC(C)=O)c3CCC)cc2)C1=O. The fourth-order valence-corrected chi connectivity index (χ4v) is 4.50. The van der Waals surface area contributed by atoms with Gasteiger partial charge in [0.25, 0.3) is 5.91 Å². The van der Waals surface area contributed by atoms with Crippen LogP contribution in [-0.4, -0.2) is 22.0 Å². The predicted molar refractivity (Wildman–Crippen MR) is 129 cm³/mol. The van der Waals surface area contributed by atoms with Gasteiger partial charge in [-0.25, -0.2) is 0 Å². The van der Waals surface area contributed by atoms with Gasteiger partial charge in [0.15, 0.2) is 10.1 Å². The molecule has 0 saturated carbocycles. The average molecular weight is 470 g/mol. The molecule has 0 atom stereocenters. The van der Waals surface area contributed by atoms with Crippen molar-refractivity contribution in [2.75, 3.05) is 4.90 Å². The highest BCUT2D eigenvalue weighted by atomic mass is 32.2. The lowest BCUT2D eigenvalue weighted by Gasteiger charge is -2.18. The summed E-state index contributed by atoms with van der Waals surface area (Å²) in [6, 6.07) is 10.5. The Kier molecular flexibility index (Phi) is 7.48. The Balaban J connectivity index is 1.82. The van der Waals surface area contributed by atoms with Crippen molar-refractivity contribution in [2.45, 2.75) is 40.2 Å². The van der Waals surface area contributed by atoms with E-state index in [0.29, 0.717) is 38.4 Å². The van der Waals surface area contributed by atoms with Crippen molar-refractivity contribution < 1.29 is 23.9 Å². The van der Waals surface area contributed by atoms with Crippen LogP contribution in [0.3, 0.4) is 0 Å². The summed E-state index contributed by atoms with van der Waals surface area (Å²) < 4.78 is 11.8. The van der Waals surface area contributed by atoms with Gasteiger partial charge in [0, 0.05) is 12.5 Å². The zero-order chi connectivity index (χ0) is 23.4. The molecule has 1 heterocycles. The van der Waals surface area contributed by atoms with Crippen molar-refractivity contribution in [1.82, 2.24) is 0 Å². The molecule has 1 saturated heterocycles. The molecular weight excluding hydrogens is 446 g/mol. The highest BCUT2D eigenvalue weighted by Gasteiger charge is 2.31. The molecule has 0 aliphatic carbocycles. The molecule has 3 rings (SSSR count). The van der Waals surface area contributed by atoms with Crippen molar-refractivity contribution in [1.29, 1.82) is 0 Å². The number of rotatable bonds is 8. The van der Waals surface area contributed by atoms with Gasteiger partial charge in [0.1, 0.15) is 18.1 Å². The maximum Gasteiger partial charge on any atom is 0.308 e. The van der Waals surface area contributed by atoms with E-state index in [1.165, 1.54) is 30.5 Å². The molecule has 0 N–H and O–H groups in total. The summed E-state index contributed by atoms with van der Waals surface area (Å²) in [7, 11) is 0. The Morgan fingerprint density at radius 1 is 1.12 bits per heavy atom. The fraction of sp³-hybridized carbons (Fsp3) is 0.250. The minimum atomic E-state index is -0.478. The molecule has 6 nitrogen and oxygen atoms in total. The van der Waals surface area contributed by atoms with Crippen LogP contribution < -0.4 is 14.4 Å². The van der Waals surface area contributed by atoms with Crippen LogP contribution in [0.5, 0.6) is 11.5 Å². The number of amides is 1. The summed E-state index contributed by atoms with van der Waals surface area (Å²) in [5.74, 6) is 0.0408. The summed E-state index contributed by atoms with van der Waals surface area (Å²) in [4.78, 5) is 37.7. The van der Waals surface area contributed by atoms with Gasteiger partial charge in [-0.15, -0.1) is 0 Å². The van der Waals surface area contributed by atoms with Crippen molar-refractivity contribution in [3.05, 3.63) is 64.6 Å². The molecule has 166 valence electrons. The van der Waals surface area contributed by atoms with Gasteiger partial charge < -0.3 is 9.47 Å². The molecule has 0 radical (unpaired) electrons. The molecular formula is C24H23NO5S2.